The summed E-state index contributed by atoms with van der Waals surface area (Å²) in [5, 5.41) is 2.58. The van der Waals surface area contributed by atoms with Gasteiger partial charge in [0.2, 0.25) is 15.9 Å². The van der Waals surface area contributed by atoms with Gasteiger partial charge in [0.05, 0.1) is 36.9 Å². The normalized spacial score (nSPS) is 11.0. The Hall–Kier alpha value is -2.81. The fourth-order valence-corrected chi connectivity index (χ4v) is 3.11. The van der Waals surface area contributed by atoms with Crippen molar-refractivity contribution in [3.05, 3.63) is 54.0 Å². The van der Waals surface area contributed by atoms with Crippen molar-refractivity contribution in [2.75, 3.05) is 23.7 Å². The second-order valence-electron chi connectivity index (χ2n) is 5.36. The number of esters is 1. The number of amides is 1. The summed E-state index contributed by atoms with van der Waals surface area (Å²) in [5.41, 5.74) is 0.153. The number of carbonyl (C=O) groups excluding carboxylic acids is 2. The average Bonchev–Trinajstić information content (AvgIpc) is 3.10. The molecule has 26 heavy (non-hydrogen) atoms. The first-order valence-corrected chi connectivity index (χ1v) is 9.70. The van der Waals surface area contributed by atoms with Crippen LogP contribution >= 0.6 is 0 Å². The van der Waals surface area contributed by atoms with Gasteiger partial charge in [0.25, 0.3) is 0 Å². The zero-order chi connectivity index (χ0) is 19.2. The van der Waals surface area contributed by atoms with Crippen LogP contribution in [-0.2, 0) is 26.1 Å². The van der Waals surface area contributed by atoms with Crippen LogP contribution in [0.25, 0.3) is 0 Å². The van der Waals surface area contributed by atoms with Crippen molar-refractivity contribution >= 4 is 27.6 Å². The maximum Gasteiger partial charge on any atom is 0.340 e. The molecular formula is C17H20N2O6S. The molecule has 9 heteroatoms. The van der Waals surface area contributed by atoms with E-state index in [0.717, 1.165) is 10.6 Å². The maximum atomic E-state index is 12.2. The number of carbonyl (C=O) groups is 2. The van der Waals surface area contributed by atoms with Crippen LogP contribution in [0, 0.1) is 0 Å². The van der Waals surface area contributed by atoms with E-state index in [1.807, 2.05) is 0 Å². The molecule has 2 rings (SSSR count). The van der Waals surface area contributed by atoms with Crippen LogP contribution in [0.2, 0.25) is 0 Å². The molecule has 2 aromatic rings. The molecule has 8 nitrogen and oxygen atoms in total. The Bertz CT molecular complexity index is 861. The number of sulfonamides is 1. The number of rotatable bonds is 8. The van der Waals surface area contributed by atoms with Gasteiger partial charge in [0.15, 0.2) is 0 Å². The van der Waals surface area contributed by atoms with E-state index in [0.29, 0.717) is 5.76 Å². The van der Waals surface area contributed by atoms with Gasteiger partial charge in [-0.3, -0.25) is 9.10 Å². The van der Waals surface area contributed by atoms with E-state index < -0.39 is 28.4 Å². The van der Waals surface area contributed by atoms with Crippen LogP contribution in [0.1, 0.15) is 23.0 Å². The Balaban J connectivity index is 2.23. The molecule has 0 fully saturated rings. The quantitative estimate of drug-likeness (QED) is 0.697. The van der Waals surface area contributed by atoms with Crippen LogP contribution < -0.4 is 9.62 Å². The zero-order valence-corrected chi connectivity index (χ0v) is 15.3. The van der Waals surface area contributed by atoms with Gasteiger partial charge in [-0.1, -0.05) is 12.1 Å². The third kappa shape index (κ3) is 5.09. The largest absolute Gasteiger partial charge is 0.467 e. The lowest BCUT2D eigenvalue weighted by Crippen LogP contribution is -2.40. The molecule has 1 heterocycles. The molecule has 140 valence electrons. The Kier molecular flexibility index (Phi) is 6.40. The number of hydrogen-bond donors (Lipinski definition) is 1. The monoisotopic (exact) mass is 380 g/mol. The van der Waals surface area contributed by atoms with Crippen LogP contribution in [0.15, 0.2) is 47.1 Å². The van der Waals surface area contributed by atoms with Crippen molar-refractivity contribution in [2.45, 2.75) is 13.5 Å². The number of furan rings is 1. The summed E-state index contributed by atoms with van der Waals surface area (Å²) >= 11 is 0. The molecule has 0 radical (unpaired) electrons. The third-order valence-electron chi connectivity index (χ3n) is 3.40. The maximum absolute atomic E-state index is 12.2. The van der Waals surface area contributed by atoms with Crippen molar-refractivity contribution < 1.29 is 27.2 Å². The summed E-state index contributed by atoms with van der Waals surface area (Å²) in [7, 11) is -3.81. The van der Waals surface area contributed by atoms with E-state index in [2.05, 4.69) is 5.32 Å². The molecule has 0 saturated carbocycles. The average molecular weight is 380 g/mol. The molecule has 1 aromatic heterocycles. The van der Waals surface area contributed by atoms with Crippen LogP contribution in [0.3, 0.4) is 0 Å². The van der Waals surface area contributed by atoms with Crippen LogP contribution in [-0.4, -0.2) is 39.7 Å². The standard InChI is InChI=1S/C17H20N2O6S/c1-3-24-17(21)14-8-4-5-9-15(14)19(26(2,22)23)12-16(20)18-11-13-7-6-10-25-13/h4-10H,3,11-12H2,1-2H3,(H,18,20). The minimum atomic E-state index is -3.81. The summed E-state index contributed by atoms with van der Waals surface area (Å²) in [6, 6.07) is 9.44. The van der Waals surface area contributed by atoms with E-state index >= 15 is 0 Å². The molecule has 1 amide bonds. The van der Waals surface area contributed by atoms with Crippen molar-refractivity contribution in [3.8, 4) is 0 Å². The predicted octanol–water partition coefficient (Wildman–Crippen LogP) is 1.54. The van der Waals surface area contributed by atoms with E-state index in [4.69, 9.17) is 9.15 Å². The second kappa shape index (κ2) is 8.52. The SMILES string of the molecule is CCOC(=O)c1ccccc1N(CC(=O)NCc1ccco1)S(C)(=O)=O. The number of anilines is 1. The first-order valence-electron chi connectivity index (χ1n) is 7.86. The molecule has 1 aromatic carbocycles. The van der Waals surface area contributed by atoms with E-state index in [1.165, 1.54) is 18.4 Å². The van der Waals surface area contributed by atoms with Crippen molar-refractivity contribution in [2.24, 2.45) is 0 Å². The molecule has 0 aliphatic carbocycles. The van der Waals surface area contributed by atoms with Gasteiger partial charge in [-0.15, -0.1) is 0 Å². The Morgan fingerprint density at radius 2 is 1.92 bits per heavy atom. The highest BCUT2D eigenvalue weighted by atomic mass is 32.2. The molecule has 1 N–H and O–H groups in total. The first kappa shape index (κ1) is 19.5. The Morgan fingerprint density at radius 3 is 2.54 bits per heavy atom. The lowest BCUT2D eigenvalue weighted by Gasteiger charge is -2.23. The molecule has 0 atom stereocenters. The number of para-hydroxylation sites is 1. The van der Waals surface area contributed by atoms with Gasteiger partial charge in [0, 0.05) is 0 Å². The molecule has 0 bridgehead atoms. The number of ether oxygens (including phenoxy) is 1. The van der Waals surface area contributed by atoms with E-state index in [1.54, 1.807) is 31.2 Å². The molecule has 0 aliphatic rings. The topological polar surface area (TPSA) is 106 Å². The van der Waals surface area contributed by atoms with Crippen molar-refractivity contribution in [3.63, 3.8) is 0 Å². The summed E-state index contributed by atoms with van der Waals surface area (Å²) in [6.45, 7) is 1.45. The van der Waals surface area contributed by atoms with Crippen LogP contribution in [0.5, 0.6) is 0 Å². The number of benzene rings is 1. The van der Waals surface area contributed by atoms with Gasteiger partial charge in [-0.2, -0.15) is 0 Å². The van der Waals surface area contributed by atoms with Gasteiger partial charge < -0.3 is 14.5 Å². The Morgan fingerprint density at radius 1 is 1.19 bits per heavy atom. The van der Waals surface area contributed by atoms with Crippen molar-refractivity contribution in [1.82, 2.24) is 5.32 Å². The number of hydrogen-bond acceptors (Lipinski definition) is 6. The summed E-state index contributed by atoms with van der Waals surface area (Å²) in [4.78, 5) is 24.3. The first-order chi connectivity index (χ1) is 12.3. The molecule has 0 spiro atoms. The van der Waals surface area contributed by atoms with Gasteiger partial charge in [-0.25, -0.2) is 13.2 Å². The van der Waals surface area contributed by atoms with E-state index in [-0.39, 0.29) is 24.4 Å². The summed E-state index contributed by atoms with van der Waals surface area (Å²) < 4.78 is 35.4. The van der Waals surface area contributed by atoms with Crippen LogP contribution in [0.4, 0.5) is 5.69 Å². The predicted molar refractivity (Wildman–Crippen MR) is 95.1 cm³/mol. The fourth-order valence-electron chi connectivity index (χ4n) is 2.24. The highest BCUT2D eigenvalue weighted by molar-refractivity contribution is 7.92. The zero-order valence-electron chi connectivity index (χ0n) is 14.5. The number of nitrogens with one attached hydrogen (secondary N) is 1. The molecule has 0 saturated heterocycles. The minimum Gasteiger partial charge on any atom is -0.467 e. The smallest absolute Gasteiger partial charge is 0.340 e. The summed E-state index contributed by atoms with van der Waals surface area (Å²) in [5.74, 6) is -0.658. The van der Waals surface area contributed by atoms with Gasteiger partial charge in [-0.05, 0) is 31.2 Å². The fraction of sp³-hybridized carbons (Fsp3) is 0.294. The highest BCUT2D eigenvalue weighted by Gasteiger charge is 2.25. The number of nitrogens with zero attached hydrogens (tertiary/aromatic N) is 1. The van der Waals surface area contributed by atoms with Gasteiger partial charge >= 0.3 is 5.97 Å². The summed E-state index contributed by atoms with van der Waals surface area (Å²) in [6.07, 6.45) is 2.44. The second-order valence-corrected chi connectivity index (χ2v) is 7.27. The highest BCUT2D eigenvalue weighted by Crippen LogP contribution is 2.23. The van der Waals surface area contributed by atoms with E-state index in [9.17, 15) is 18.0 Å². The molecule has 0 unspecified atom stereocenters. The lowest BCUT2D eigenvalue weighted by atomic mass is 10.2. The van der Waals surface area contributed by atoms with Gasteiger partial charge in [0.1, 0.15) is 12.3 Å². The van der Waals surface area contributed by atoms with Crippen molar-refractivity contribution in [1.29, 1.82) is 0 Å². The molecular weight excluding hydrogens is 360 g/mol. The third-order valence-corrected chi connectivity index (χ3v) is 4.52. The minimum absolute atomic E-state index is 0.0682. The Labute approximate surface area is 151 Å². The lowest BCUT2D eigenvalue weighted by molar-refractivity contribution is -0.119. The molecule has 0 aliphatic heterocycles.